The third-order valence-electron chi connectivity index (χ3n) is 9.05. The summed E-state index contributed by atoms with van der Waals surface area (Å²) in [7, 11) is -0.580. The Labute approximate surface area is 243 Å². The summed E-state index contributed by atoms with van der Waals surface area (Å²) in [5, 5.41) is 21.9. The van der Waals surface area contributed by atoms with E-state index in [1.165, 1.54) is 5.56 Å². The Morgan fingerprint density at radius 3 is 2.68 bits per heavy atom. The van der Waals surface area contributed by atoms with E-state index in [1.807, 2.05) is 11.6 Å². The molecular formula is C30H43N7O3S. The van der Waals surface area contributed by atoms with E-state index in [2.05, 4.69) is 53.1 Å². The van der Waals surface area contributed by atoms with Crippen LogP contribution in [-0.2, 0) is 24.4 Å². The monoisotopic (exact) mass is 581 g/mol. The first-order chi connectivity index (χ1) is 19.6. The van der Waals surface area contributed by atoms with Gasteiger partial charge in [0.25, 0.3) is 5.91 Å². The summed E-state index contributed by atoms with van der Waals surface area (Å²) in [5.74, 6) is 3.66. The number of piperidine rings is 1. The van der Waals surface area contributed by atoms with Crippen molar-refractivity contribution in [2.75, 3.05) is 55.7 Å². The molecule has 3 aromatic rings. The van der Waals surface area contributed by atoms with Crippen LogP contribution in [0.1, 0.15) is 51.0 Å². The highest BCUT2D eigenvalue weighted by Gasteiger charge is 2.55. The zero-order valence-corrected chi connectivity index (χ0v) is 25.7. The normalized spacial score (nSPS) is 23.5. The number of ether oxygens (including phenoxy) is 1. The lowest BCUT2D eigenvalue weighted by molar-refractivity contribution is 0.0786. The molecule has 0 spiro atoms. The van der Waals surface area contributed by atoms with Gasteiger partial charge in [-0.2, -0.15) is 10.2 Å². The molecule has 4 atom stereocenters. The maximum atomic E-state index is 13.2. The lowest BCUT2D eigenvalue weighted by Crippen LogP contribution is -2.27. The number of hydrogen-bond acceptors (Lipinski definition) is 7. The number of anilines is 1. The Morgan fingerprint density at radius 1 is 1.20 bits per heavy atom. The summed E-state index contributed by atoms with van der Waals surface area (Å²) < 4.78 is 9.64. The van der Waals surface area contributed by atoms with Gasteiger partial charge in [-0.25, -0.2) is 19.7 Å². The quantitative estimate of drug-likeness (QED) is 0.335. The lowest BCUT2D eigenvalue weighted by Gasteiger charge is -2.24. The highest BCUT2D eigenvalue weighted by Crippen LogP contribution is 2.51. The van der Waals surface area contributed by atoms with Crippen molar-refractivity contribution in [3.63, 3.8) is 0 Å². The van der Waals surface area contributed by atoms with Crippen molar-refractivity contribution in [2.45, 2.75) is 46.0 Å². The third kappa shape index (κ3) is 5.89. The molecule has 10 nitrogen and oxygen atoms in total. The molecule has 2 aliphatic carbocycles. The van der Waals surface area contributed by atoms with Crippen molar-refractivity contribution in [2.24, 2.45) is 17.8 Å². The van der Waals surface area contributed by atoms with Gasteiger partial charge in [0.05, 0.1) is 36.6 Å². The van der Waals surface area contributed by atoms with Crippen LogP contribution in [-0.4, -0.2) is 86.4 Å². The molecule has 1 amide bonds. The van der Waals surface area contributed by atoms with Crippen LogP contribution in [0.25, 0.3) is 0 Å². The van der Waals surface area contributed by atoms with Crippen LogP contribution < -0.4 is 10.2 Å². The molecule has 1 aliphatic heterocycles. The predicted molar refractivity (Wildman–Crippen MR) is 162 cm³/mol. The molecule has 41 heavy (non-hydrogen) atoms. The topological polar surface area (TPSA) is 110 Å². The van der Waals surface area contributed by atoms with Crippen LogP contribution in [0.2, 0.25) is 0 Å². The predicted octanol–water partition coefficient (Wildman–Crippen LogP) is 2.90. The van der Waals surface area contributed by atoms with Crippen molar-refractivity contribution in [1.29, 1.82) is 0 Å². The number of aromatic nitrogens is 5. The number of nitrogens with one attached hydrogen (secondary N) is 1. The van der Waals surface area contributed by atoms with Crippen LogP contribution in [0.4, 0.5) is 5.82 Å². The first kappa shape index (κ1) is 28.2. The molecule has 2 N–H and O–H groups in total. The number of nitrogens with zero attached hydrogens (tertiary/aromatic N) is 6. The van der Waals surface area contributed by atoms with Crippen LogP contribution in [0.3, 0.4) is 0 Å². The maximum absolute atomic E-state index is 13.2. The van der Waals surface area contributed by atoms with Crippen LogP contribution in [0.15, 0.2) is 24.5 Å². The van der Waals surface area contributed by atoms with Crippen molar-refractivity contribution < 1.29 is 14.6 Å². The van der Waals surface area contributed by atoms with Crippen molar-refractivity contribution in [1.82, 2.24) is 29.9 Å². The Bertz CT molecular complexity index is 1420. The number of aliphatic hydroxyl groups is 1. The van der Waals surface area contributed by atoms with Gasteiger partial charge in [-0.1, -0.05) is 6.07 Å². The second kappa shape index (κ2) is 11.1. The molecule has 3 aliphatic rings. The van der Waals surface area contributed by atoms with Gasteiger partial charge in [0, 0.05) is 43.0 Å². The molecule has 3 unspecified atom stereocenters. The maximum Gasteiger partial charge on any atom is 0.255 e. The number of amides is 1. The summed E-state index contributed by atoms with van der Waals surface area (Å²) in [6.07, 6.45) is 12.1. The Morgan fingerprint density at radius 2 is 1.98 bits per heavy atom. The first-order valence-corrected chi connectivity index (χ1v) is 17.6. The van der Waals surface area contributed by atoms with E-state index in [9.17, 15) is 9.90 Å². The second-order valence-electron chi connectivity index (χ2n) is 12.8. The molecule has 11 heteroatoms. The molecule has 0 bridgehead atoms. The van der Waals surface area contributed by atoms with Gasteiger partial charge in [0.2, 0.25) is 0 Å². The van der Waals surface area contributed by atoms with E-state index in [4.69, 9.17) is 14.8 Å². The highest BCUT2D eigenvalue weighted by molar-refractivity contribution is 8.32. The van der Waals surface area contributed by atoms with Crippen LogP contribution >= 0.6 is 10.0 Å². The molecule has 1 saturated heterocycles. The van der Waals surface area contributed by atoms with Gasteiger partial charge in [-0.05, 0) is 80.4 Å². The van der Waals surface area contributed by atoms with Crippen molar-refractivity contribution in [3.8, 4) is 0 Å². The molecule has 4 heterocycles. The van der Waals surface area contributed by atoms with E-state index in [0.717, 1.165) is 66.8 Å². The minimum Gasteiger partial charge on any atom is -0.396 e. The summed E-state index contributed by atoms with van der Waals surface area (Å²) in [5.41, 5.74) is 5.89. The zero-order chi connectivity index (χ0) is 28.9. The SMILES string of the molecule is Cc1nc(N2CC3C(CO)[C@@H]3C2)ccc1Cn1cc(C(=O)NC2CCc3c2nn(COCCS(C)(C)C)c3C)cn1. The average Bonchev–Trinajstić information content (AvgIpc) is 3.44. The standard InChI is InChI=1S/C30H43N7O3S/c1-19-21(6-9-28(32-19)35-15-24-25(16-35)26(24)17-38)13-36-14-22(12-31-36)30(39)33-27-8-7-23-20(2)37(34-29(23)27)18-40-10-11-41(3,4)5/h6,9,12,14,24-27,38H,7-8,10-11,13,15-18H2,1-5H3,(H,33,39)/t24-,25?,26?,27?/m1/s1. The van der Waals surface area contributed by atoms with E-state index < -0.39 is 10.0 Å². The van der Waals surface area contributed by atoms with Gasteiger partial charge in [-0.15, -0.1) is 0 Å². The van der Waals surface area contributed by atoms with E-state index in [-0.39, 0.29) is 11.9 Å². The average molecular weight is 582 g/mol. The minimum absolute atomic E-state index is 0.108. The highest BCUT2D eigenvalue weighted by atomic mass is 32.3. The number of hydrogen-bond donors (Lipinski definition) is 2. The number of pyridine rings is 1. The first-order valence-electron chi connectivity index (χ1n) is 14.6. The fraction of sp³-hybridized carbons (Fsp3) is 0.600. The minimum atomic E-state index is -0.580. The van der Waals surface area contributed by atoms with Crippen molar-refractivity contribution in [3.05, 3.63) is 58.3 Å². The van der Waals surface area contributed by atoms with Gasteiger partial charge in [0.1, 0.15) is 12.5 Å². The second-order valence-corrected chi connectivity index (χ2v) is 17.4. The number of rotatable bonds is 11. The summed E-state index contributed by atoms with van der Waals surface area (Å²) in [4.78, 5) is 20.3. The van der Waals surface area contributed by atoms with Gasteiger partial charge in [0.15, 0.2) is 0 Å². The van der Waals surface area contributed by atoms with Gasteiger partial charge in [-0.3, -0.25) is 9.48 Å². The molecule has 6 rings (SSSR count). The zero-order valence-electron chi connectivity index (χ0n) is 24.8. The molecule has 222 valence electrons. The summed E-state index contributed by atoms with van der Waals surface area (Å²) in [6, 6.07) is 4.08. The molecule has 2 fully saturated rings. The third-order valence-corrected chi connectivity index (χ3v) is 10.4. The van der Waals surface area contributed by atoms with Gasteiger partial charge >= 0.3 is 0 Å². The molecule has 3 aromatic heterocycles. The van der Waals surface area contributed by atoms with Crippen LogP contribution in [0.5, 0.6) is 0 Å². The van der Waals surface area contributed by atoms with Crippen LogP contribution in [0, 0.1) is 31.6 Å². The van der Waals surface area contributed by atoms with E-state index in [0.29, 0.717) is 43.2 Å². The number of aliphatic hydroxyl groups excluding tert-OH is 1. The fourth-order valence-electron chi connectivity index (χ4n) is 6.36. The lowest BCUT2D eigenvalue weighted by atomic mass is 10.2. The Hall–Kier alpha value is -2.89. The molecule has 0 radical (unpaired) electrons. The van der Waals surface area contributed by atoms with Gasteiger partial charge < -0.3 is 20.1 Å². The summed E-state index contributed by atoms with van der Waals surface area (Å²) >= 11 is 0. The Balaban J connectivity index is 1.04. The number of aryl methyl sites for hydroxylation is 1. The number of carbonyl (C=O) groups is 1. The molecule has 0 aromatic carbocycles. The molecular weight excluding hydrogens is 538 g/mol. The Kier molecular flexibility index (Phi) is 7.63. The largest absolute Gasteiger partial charge is 0.396 e. The van der Waals surface area contributed by atoms with E-state index >= 15 is 0 Å². The number of carbonyl (C=O) groups excluding carboxylic acids is 1. The number of fused-ring (bicyclic) bond motifs is 2. The van der Waals surface area contributed by atoms with E-state index in [1.54, 1.807) is 17.1 Å². The smallest absolute Gasteiger partial charge is 0.255 e. The van der Waals surface area contributed by atoms with Crippen molar-refractivity contribution >= 4 is 21.8 Å². The fourth-order valence-corrected chi connectivity index (χ4v) is 6.98. The summed E-state index contributed by atoms with van der Waals surface area (Å²) in [6.45, 7) is 8.11. The molecule has 1 saturated carbocycles.